The molecule has 5 heteroatoms. The van der Waals surface area contributed by atoms with Crippen LogP contribution >= 0.6 is 0 Å². The molecule has 0 radical (unpaired) electrons. The normalized spacial score (nSPS) is 16.8. The van der Waals surface area contributed by atoms with Crippen molar-refractivity contribution < 1.29 is 13.2 Å². The average Bonchev–Trinajstić information content (AvgIpc) is 2.62. The van der Waals surface area contributed by atoms with Gasteiger partial charge < -0.3 is 10.1 Å². The van der Waals surface area contributed by atoms with Crippen molar-refractivity contribution >= 4 is 9.84 Å². The molecule has 0 unspecified atom stereocenters. The van der Waals surface area contributed by atoms with Crippen molar-refractivity contribution in [2.45, 2.75) is 38.8 Å². The van der Waals surface area contributed by atoms with Crippen molar-refractivity contribution in [3.05, 3.63) is 29.3 Å². The molecule has 0 aromatic heterocycles. The molecule has 0 aliphatic carbocycles. The monoisotopic (exact) mass is 297 g/mol. The molecule has 0 amide bonds. The summed E-state index contributed by atoms with van der Waals surface area (Å²) in [6.45, 7) is 5.59. The smallest absolute Gasteiger partial charge is 0.147 e. The van der Waals surface area contributed by atoms with Crippen molar-refractivity contribution in [3.63, 3.8) is 0 Å². The molecule has 1 N–H and O–H groups in total. The van der Waals surface area contributed by atoms with Crippen LogP contribution in [-0.2, 0) is 22.8 Å². The van der Waals surface area contributed by atoms with E-state index in [-0.39, 0.29) is 11.4 Å². The van der Waals surface area contributed by atoms with E-state index in [2.05, 4.69) is 37.4 Å². The predicted octanol–water partition coefficient (Wildman–Crippen LogP) is 1.92. The van der Waals surface area contributed by atoms with Crippen LogP contribution < -0.4 is 10.1 Å². The summed E-state index contributed by atoms with van der Waals surface area (Å²) in [5, 5.41) is 3.29. The third-order valence-electron chi connectivity index (χ3n) is 3.36. The number of benzene rings is 1. The van der Waals surface area contributed by atoms with E-state index in [1.54, 1.807) is 0 Å². The fraction of sp³-hybridized carbons (Fsp3) is 0.600. The number of fused-ring (bicyclic) bond motifs is 1. The third-order valence-corrected chi connectivity index (χ3v) is 4.39. The summed E-state index contributed by atoms with van der Waals surface area (Å²) in [5.74, 6) is 1.23. The van der Waals surface area contributed by atoms with Crippen molar-refractivity contribution in [2.75, 3.05) is 18.6 Å². The van der Waals surface area contributed by atoms with E-state index >= 15 is 0 Å². The Morgan fingerprint density at radius 3 is 2.80 bits per heavy atom. The minimum absolute atomic E-state index is 0.130. The SMILES string of the molecule is CC1(C)Cc2cccc(CNCCCS(C)(=O)=O)c2O1. The molecule has 0 saturated carbocycles. The van der Waals surface area contributed by atoms with E-state index in [4.69, 9.17) is 4.74 Å². The van der Waals surface area contributed by atoms with E-state index < -0.39 is 9.84 Å². The first-order chi connectivity index (χ1) is 9.27. The van der Waals surface area contributed by atoms with Crippen LogP contribution in [0.3, 0.4) is 0 Å². The Hall–Kier alpha value is -1.07. The van der Waals surface area contributed by atoms with Gasteiger partial charge in [-0.1, -0.05) is 18.2 Å². The first-order valence-corrected chi connectivity index (χ1v) is 9.01. The number of hydrogen-bond acceptors (Lipinski definition) is 4. The van der Waals surface area contributed by atoms with Gasteiger partial charge in [0.05, 0.1) is 5.75 Å². The molecule has 1 aromatic rings. The fourth-order valence-corrected chi connectivity index (χ4v) is 3.17. The molecule has 1 aliphatic heterocycles. The van der Waals surface area contributed by atoms with Gasteiger partial charge in [-0.05, 0) is 32.4 Å². The van der Waals surface area contributed by atoms with Crippen LogP contribution in [0.25, 0.3) is 0 Å². The first kappa shape index (κ1) is 15.3. The number of sulfone groups is 1. The number of nitrogens with one attached hydrogen (secondary N) is 1. The summed E-state index contributed by atoms with van der Waals surface area (Å²) in [6, 6.07) is 6.22. The van der Waals surface area contributed by atoms with Crippen LogP contribution in [0, 0.1) is 0 Å². The van der Waals surface area contributed by atoms with Gasteiger partial charge in [0.1, 0.15) is 21.2 Å². The summed E-state index contributed by atoms with van der Waals surface area (Å²) in [4.78, 5) is 0. The van der Waals surface area contributed by atoms with Gasteiger partial charge in [-0.25, -0.2) is 8.42 Å². The number of rotatable bonds is 6. The first-order valence-electron chi connectivity index (χ1n) is 6.95. The van der Waals surface area contributed by atoms with Gasteiger partial charge in [-0.15, -0.1) is 0 Å². The van der Waals surface area contributed by atoms with Crippen LogP contribution in [0.4, 0.5) is 0 Å². The minimum Gasteiger partial charge on any atom is -0.487 e. The van der Waals surface area contributed by atoms with Gasteiger partial charge in [0.15, 0.2) is 0 Å². The zero-order valence-electron chi connectivity index (χ0n) is 12.4. The Bertz CT molecular complexity index is 579. The van der Waals surface area contributed by atoms with E-state index in [0.717, 1.165) is 17.7 Å². The molecule has 1 heterocycles. The Kier molecular flexibility index (Phi) is 4.39. The lowest BCUT2D eigenvalue weighted by Gasteiger charge is -2.18. The largest absolute Gasteiger partial charge is 0.487 e. The molecule has 0 atom stereocenters. The lowest BCUT2D eigenvalue weighted by molar-refractivity contribution is 0.137. The maximum atomic E-state index is 11.0. The molecule has 2 rings (SSSR count). The number of ether oxygens (including phenoxy) is 1. The van der Waals surface area contributed by atoms with Gasteiger partial charge in [-0.3, -0.25) is 0 Å². The summed E-state index contributed by atoms with van der Waals surface area (Å²) in [6.07, 6.45) is 2.84. The van der Waals surface area contributed by atoms with Crippen LogP contribution in [0.1, 0.15) is 31.4 Å². The lowest BCUT2D eigenvalue weighted by Crippen LogP contribution is -2.25. The Morgan fingerprint density at radius 2 is 2.10 bits per heavy atom. The fourth-order valence-electron chi connectivity index (χ4n) is 2.50. The molecule has 0 fully saturated rings. The summed E-state index contributed by atoms with van der Waals surface area (Å²) in [7, 11) is -2.86. The molecule has 20 heavy (non-hydrogen) atoms. The molecule has 1 aliphatic rings. The second-order valence-corrected chi connectivity index (χ2v) is 8.36. The van der Waals surface area contributed by atoms with Gasteiger partial charge in [0.2, 0.25) is 0 Å². The highest BCUT2D eigenvalue weighted by Gasteiger charge is 2.31. The Morgan fingerprint density at radius 1 is 1.35 bits per heavy atom. The molecular weight excluding hydrogens is 274 g/mol. The maximum Gasteiger partial charge on any atom is 0.147 e. The van der Waals surface area contributed by atoms with Crippen LogP contribution in [-0.4, -0.2) is 32.6 Å². The zero-order chi connectivity index (χ0) is 14.8. The van der Waals surface area contributed by atoms with Crippen LogP contribution in [0.15, 0.2) is 18.2 Å². The Labute approximate surface area is 121 Å². The summed E-state index contributed by atoms with van der Waals surface area (Å²) >= 11 is 0. The minimum atomic E-state index is -2.86. The lowest BCUT2D eigenvalue weighted by atomic mass is 10.0. The molecule has 0 saturated heterocycles. The number of hydrogen-bond donors (Lipinski definition) is 1. The van der Waals surface area contributed by atoms with E-state index in [1.807, 2.05) is 0 Å². The molecule has 4 nitrogen and oxygen atoms in total. The second kappa shape index (κ2) is 5.74. The molecular formula is C15H23NO3S. The van der Waals surface area contributed by atoms with Gasteiger partial charge in [-0.2, -0.15) is 0 Å². The predicted molar refractivity (Wildman–Crippen MR) is 80.9 cm³/mol. The average molecular weight is 297 g/mol. The highest BCUT2D eigenvalue weighted by molar-refractivity contribution is 7.90. The van der Waals surface area contributed by atoms with Crippen molar-refractivity contribution in [1.29, 1.82) is 0 Å². The zero-order valence-corrected chi connectivity index (χ0v) is 13.2. The van der Waals surface area contributed by atoms with Crippen LogP contribution in [0.2, 0.25) is 0 Å². The second-order valence-electron chi connectivity index (χ2n) is 6.10. The van der Waals surface area contributed by atoms with Crippen LogP contribution in [0.5, 0.6) is 5.75 Å². The van der Waals surface area contributed by atoms with Crippen molar-refractivity contribution in [2.24, 2.45) is 0 Å². The standard InChI is InChI=1S/C15H23NO3S/c1-15(2)10-12-6-4-7-13(14(12)19-15)11-16-8-5-9-20(3,17)18/h4,6-7,16H,5,8-11H2,1-3H3. The topological polar surface area (TPSA) is 55.4 Å². The van der Waals surface area contributed by atoms with E-state index in [1.165, 1.54) is 11.8 Å². The van der Waals surface area contributed by atoms with Gasteiger partial charge >= 0.3 is 0 Å². The summed E-state index contributed by atoms with van der Waals surface area (Å²) in [5.41, 5.74) is 2.27. The summed E-state index contributed by atoms with van der Waals surface area (Å²) < 4.78 is 28.1. The maximum absolute atomic E-state index is 11.0. The quantitative estimate of drug-likeness (QED) is 0.815. The van der Waals surface area contributed by atoms with E-state index in [0.29, 0.717) is 19.5 Å². The molecule has 112 valence electrons. The number of para-hydroxylation sites is 1. The van der Waals surface area contributed by atoms with Crippen molar-refractivity contribution in [3.8, 4) is 5.75 Å². The highest BCUT2D eigenvalue weighted by atomic mass is 32.2. The van der Waals surface area contributed by atoms with Gasteiger partial charge in [0, 0.05) is 24.8 Å². The van der Waals surface area contributed by atoms with E-state index in [9.17, 15) is 8.42 Å². The van der Waals surface area contributed by atoms with Gasteiger partial charge in [0.25, 0.3) is 0 Å². The third kappa shape index (κ3) is 4.21. The Balaban J connectivity index is 1.88. The highest BCUT2D eigenvalue weighted by Crippen LogP contribution is 2.37. The molecule has 0 bridgehead atoms. The molecule has 1 aromatic carbocycles. The molecule has 0 spiro atoms. The van der Waals surface area contributed by atoms with Crippen molar-refractivity contribution in [1.82, 2.24) is 5.32 Å².